The summed E-state index contributed by atoms with van der Waals surface area (Å²) in [5, 5.41) is 3.18. The Kier molecular flexibility index (Phi) is 4.64. The van der Waals surface area contributed by atoms with Crippen molar-refractivity contribution in [3.05, 3.63) is 40.3 Å². The molecule has 2 aromatic heterocycles. The predicted molar refractivity (Wildman–Crippen MR) is 79.7 cm³/mol. The number of anilines is 1. The number of ether oxygens (including phenoxy) is 1. The topological polar surface area (TPSA) is 81.2 Å². The summed E-state index contributed by atoms with van der Waals surface area (Å²) in [6.45, 7) is 5.74. The van der Waals surface area contributed by atoms with Crippen molar-refractivity contribution >= 4 is 28.2 Å². The molecule has 0 aromatic carbocycles. The standard InChI is InChI=1S/C14H15N3O3S/c1-4-20-14(19)11-8(2)9(3)21-13(11)17-12(18)10-7-15-5-6-16-10/h5-7H,4H2,1-3H3,(H,17,18). The van der Waals surface area contributed by atoms with E-state index in [1.807, 2.05) is 13.8 Å². The molecule has 0 saturated carbocycles. The first-order chi connectivity index (χ1) is 10.0. The normalized spacial score (nSPS) is 10.2. The van der Waals surface area contributed by atoms with Gasteiger partial charge in [-0.05, 0) is 26.3 Å². The number of thiophene rings is 1. The second kappa shape index (κ2) is 6.45. The Bertz CT molecular complexity index is 668. The fourth-order valence-corrected chi connectivity index (χ4v) is 2.79. The lowest BCUT2D eigenvalue weighted by Crippen LogP contribution is -2.16. The first-order valence-electron chi connectivity index (χ1n) is 6.39. The lowest BCUT2D eigenvalue weighted by Gasteiger charge is -2.06. The third-order valence-electron chi connectivity index (χ3n) is 2.89. The Morgan fingerprint density at radius 3 is 2.71 bits per heavy atom. The highest BCUT2D eigenvalue weighted by Crippen LogP contribution is 2.33. The van der Waals surface area contributed by atoms with Crippen molar-refractivity contribution in [1.82, 2.24) is 9.97 Å². The second-order valence-electron chi connectivity index (χ2n) is 4.25. The van der Waals surface area contributed by atoms with Crippen molar-refractivity contribution in [2.75, 3.05) is 11.9 Å². The molecule has 0 aliphatic heterocycles. The quantitative estimate of drug-likeness (QED) is 0.878. The molecule has 0 spiro atoms. The van der Waals surface area contributed by atoms with E-state index in [1.165, 1.54) is 29.9 Å². The largest absolute Gasteiger partial charge is 0.462 e. The second-order valence-corrected chi connectivity index (χ2v) is 5.48. The van der Waals surface area contributed by atoms with Crippen LogP contribution in [0.4, 0.5) is 5.00 Å². The van der Waals surface area contributed by atoms with Gasteiger partial charge in [-0.25, -0.2) is 9.78 Å². The Morgan fingerprint density at radius 2 is 2.10 bits per heavy atom. The number of aryl methyl sites for hydroxylation is 1. The summed E-state index contributed by atoms with van der Waals surface area (Å²) >= 11 is 1.34. The summed E-state index contributed by atoms with van der Waals surface area (Å²) in [6, 6.07) is 0. The van der Waals surface area contributed by atoms with E-state index in [0.717, 1.165) is 10.4 Å². The smallest absolute Gasteiger partial charge is 0.341 e. The van der Waals surface area contributed by atoms with Gasteiger partial charge >= 0.3 is 5.97 Å². The molecule has 1 N–H and O–H groups in total. The van der Waals surface area contributed by atoms with Crippen LogP contribution in [0.1, 0.15) is 38.2 Å². The summed E-state index contributed by atoms with van der Waals surface area (Å²) in [6.07, 6.45) is 4.29. The summed E-state index contributed by atoms with van der Waals surface area (Å²) in [4.78, 5) is 32.9. The number of aromatic nitrogens is 2. The lowest BCUT2D eigenvalue weighted by molar-refractivity contribution is 0.0527. The van der Waals surface area contributed by atoms with Crippen LogP contribution in [0.15, 0.2) is 18.6 Å². The van der Waals surface area contributed by atoms with Crippen LogP contribution in [0.2, 0.25) is 0 Å². The maximum atomic E-state index is 12.1. The molecule has 2 aromatic rings. The van der Waals surface area contributed by atoms with Crippen LogP contribution in [-0.2, 0) is 4.74 Å². The summed E-state index contributed by atoms with van der Waals surface area (Å²) in [5.41, 5.74) is 1.40. The molecule has 0 atom stereocenters. The van der Waals surface area contributed by atoms with Gasteiger partial charge in [0.1, 0.15) is 10.7 Å². The van der Waals surface area contributed by atoms with Gasteiger partial charge in [-0.15, -0.1) is 11.3 Å². The van der Waals surface area contributed by atoms with Gasteiger partial charge in [0.2, 0.25) is 0 Å². The zero-order chi connectivity index (χ0) is 15.4. The van der Waals surface area contributed by atoms with E-state index in [0.29, 0.717) is 10.6 Å². The van der Waals surface area contributed by atoms with Crippen molar-refractivity contribution in [1.29, 1.82) is 0 Å². The van der Waals surface area contributed by atoms with E-state index in [9.17, 15) is 9.59 Å². The molecule has 1 amide bonds. The van der Waals surface area contributed by atoms with Gasteiger partial charge in [-0.1, -0.05) is 0 Å². The molecule has 0 unspecified atom stereocenters. The Hall–Kier alpha value is -2.28. The molecule has 0 fully saturated rings. The zero-order valence-electron chi connectivity index (χ0n) is 12.0. The first kappa shape index (κ1) is 15.1. The number of hydrogen-bond donors (Lipinski definition) is 1. The number of rotatable bonds is 4. The van der Waals surface area contributed by atoms with Crippen molar-refractivity contribution < 1.29 is 14.3 Å². The molecule has 2 rings (SSSR count). The van der Waals surface area contributed by atoms with Crippen LogP contribution < -0.4 is 5.32 Å². The minimum Gasteiger partial charge on any atom is -0.462 e. The molecular weight excluding hydrogens is 290 g/mol. The molecule has 110 valence electrons. The van der Waals surface area contributed by atoms with Crippen LogP contribution >= 0.6 is 11.3 Å². The fraction of sp³-hybridized carbons (Fsp3) is 0.286. The van der Waals surface area contributed by atoms with Gasteiger partial charge in [-0.3, -0.25) is 9.78 Å². The van der Waals surface area contributed by atoms with Crippen LogP contribution in [0.25, 0.3) is 0 Å². The maximum absolute atomic E-state index is 12.1. The van der Waals surface area contributed by atoms with Crippen molar-refractivity contribution in [2.24, 2.45) is 0 Å². The van der Waals surface area contributed by atoms with Gasteiger partial charge in [0.15, 0.2) is 0 Å². The number of amides is 1. The number of nitrogens with one attached hydrogen (secondary N) is 1. The minimum atomic E-state index is -0.436. The zero-order valence-corrected chi connectivity index (χ0v) is 12.8. The van der Waals surface area contributed by atoms with E-state index in [1.54, 1.807) is 6.92 Å². The third kappa shape index (κ3) is 3.25. The third-order valence-corrected chi connectivity index (χ3v) is 4.01. The SMILES string of the molecule is CCOC(=O)c1c(NC(=O)c2cnccn2)sc(C)c1C. The molecule has 0 aliphatic rings. The molecule has 7 heteroatoms. The van der Waals surface area contributed by atoms with E-state index >= 15 is 0 Å². The Labute approximate surface area is 126 Å². The lowest BCUT2D eigenvalue weighted by atomic mass is 10.1. The average molecular weight is 305 g/mol. The van der Waals surface area contributed by atoms with E-state index in [4.69, 9.17) is 4.74 Å². The van der Waals surface area contributed by atoms with Crippen LogP contribution in [0, 0.1) is 13.8 Å². The van der Waals surface area contributed by atoms with Gasteiger partial charge < -0.3 is 10.1 Å². The van der Waals surface area contributed by atoms with Gasteiger partial charge in [0, 0.05) is 17.3 Å². The van der Waals surface area contributed by atoms with E-state index < -0.39 is 11.9 Å². The highest BCUT2D eigenvalue weighted by molar-refractivity contribution is 7.16. The number of carbonyl (C=O) groups excluding carboxylic acids is 2. The molecule has 6 nitrogen and oxygen atoms in total. The van der Waals surface area contributed by atoms with Gasteiger partial charge in [0.05, 0.1) is 18.4 Å². The van der Waals surface area contributed by atoms with Crippen molar-refractivity contribution in [3.8, 4) is 0 Å². The molecule has 0 bridgehead atoms. The molecule has 0 radical (unpaired) electrons. The minimum absolute atomic E-state index is 0.191. The number of carbonyl (C=O) groups is 2. The summed E-state index contributed by atoms with van der Waals surface area (Å²) in [7, 11) is 0. The monoisotopic (exact) mass is 305 g/mol. The highest BCUT2D eigenvalue weighted by Gasteiger charge is 2.22. The fourth-order valence-electron chi connectivity index (χ4n) is 1.75. The molecular formula is C14H15N3O3S. The Balaban J connectivity index is 2.30. The number of hydrogen-bond acceptors (Lipinski definition) is 6. The highest BCUT2D eigenvalue weighted by atomic mass is 32.1. The predicted octanol–water partition coefficient (Wildman–Crippen LogP) is 2.58. The van der Waals surface area contributed by atoms with Crippen molar-refractivity contribution in [3.63, 3.8) is 0 Å². The van der Waals surface area contributed by atoms with Crippen LogP contribution in [0.3, 0.4) is 0 Å². The molecule has 21 heavy (non-hydrogen) atoms. The summed E-state index contributed by atoms with van der Waals surface area (Å²) in [5.74, 6) is -0.844. The molecule has 0 saturated heterocycles. The van der Waals surface area contributed by atoms with Gasteiger partial charge in [0.25, 0.3) is 5.91 Å². The van der Waals surface area contributed by atoms with E-state index in [2.05, 4.69) is 15.3 Å². The Morgan fingerprint density at radius 1 is 1.33 bits per heavy atom. The van der Waals surface area contributed by atoms with Crippen LogP contribution in [-0.4, -0.2) is 28.5 Å². The summed E-state index contributed by atoms with van der Waals surface area (Å²) < 4.78 is 5.04. The van der Waals surface area contributed by atoms with Gasteiger partial charge in [-0.2, -0.15) is 0 Å². The first-order valence-corrected chi connectivity index (χ1v) is 7.20. The van der Waals surface area contributed by atoms with Crippen LogP contribution in [0.5, 0.6) is 0 Å². The maximum Gasteiger partial charge on any atom is 0.341 e. The average Bonchev–Trinajstić information content (AvgIpc) is 2.75. The number of nitrogens with zero attached hydrogens (tertiary/aromatic N) is 2. The van der Waals surface area contributed by atoms with Crippen molar-refractivity contribution in [2.45, 2.75) is 20.8 Å². The molecule has 0 aliphatic carbocycles. The van der Waals surface area contributed by atoms with E-state index in [-0.39, 0.29) is 12.3 Å². The number of esters is 1. The molecule has 2 heterocycles.